The zero-order chi connectivity index (χ0) is 47.4. The number of aromatic amines is 1. The van der Waals surface area contributed by atoms with Crippen LogP contribution in [0.2, 0.25) is 10.0 Å². The van der Waals surface area contributed by atoms with Gasteiger partial charge in [-0.25, -0.2) is 4.79 Å². The minimum atomic E-state index is -1.92. The van der Waals surface area contributed by atoms with Crippen LogP contribution in [0, 0.1) is 42.4 Å². The number of Topliss-reactive ketones (excluding diaryl/α,β-unsaturated/α-hetero) is 1. The topological polar surface area (TPSA) is 258 Å². The van der Waals surface area contributed by atoms with Crippen LogP contribution in [-0.2, 0) is 42.8 Å². The van der Waals surface area contributed by atoms with Crippen molar-refractivity contribution in [1.82, 2.24) is 15.2 Å². The van der Waals surface area contributed by atoms with Gasteiger partial charge in [-0.05, 0) is 64.2 Å². The van der Waals surface area contributed by atoms with E-state index in [1.54, 1.807) is 41.5 Å². The van der Waals surface area contributed by atoms with E-state index in [9.17, 15) is 39.3 Å². The lowest BCUT2D eigenvalue weighted by Crippen LogP contribution is -2.66. The maximum Gasteiger partial charge on any atom is 0.405 e. The van der Waals surface area contributed by atoms with E-state index in [-0.39, 0.29) is 28.1 Å². The molecular weight excluding hydrogens is 879 g/mol. The minimum Gasteiger partial charge on any atom is -0.455 e. The average molecular weight is 942 g/mol. The maximum atomic E-state index is 14.8. The van der Waals surface area contributed by atoms with E-state index >= 15 is 0 Å². The van der Waals surface area contributed by atoms with Crippen molar-refractivity contribution < 1.29 is 67.7 Å². The molecule has 5 aliphatic rings. The number of carbonyl (C=O) groups is 5. The fourth-order valence-corrected chi connectivity index (χ4v) is 11.1. The molecule has 3 aliphatic heterocycles. The monoisotopic (exact) mass is 940 g/mol. The Kier molecular flexibility index (Phi) is 15.0. The number of ether oxygens (including phenoxy) is 6. The highest BCUT2D eigenvalue weighted by Gasteiger charge is 2.62. The Morgan fingerprint density at radius 2 is 1.72 bits per heavy atom. The highest BCUT2D eigenvalue weighted by Crippen LogP contribution is 2.51. The number of nitrogens with one attached hydrogen (secondary N) is 2. The number of allylic oxidation sites excluding steroid dienone is 2. The van der Waals surface area contributed by atoms with Gasteiger partial charge in [-0.3, -0.25) is 19.2 Å². The van der Waals surface area contributed by atoms with Gasteiger partial charge >= 0.3 is 12.1 Å². The molecule has 18 nitrogen and oxygen atoms in total. The summed E-state index contributed by atoms with van der Waals surface area (Å²) >= 11 is 12.5. The number of likely N-dealkylation sites (tertiary alicyclic amines) is 1. The molecule has 3 saturated heterocycles. The number of rotatable bonds is 12. The summed E-state index contributed by atoms with van der Waals surface area (Å²) in [5, 5.41) is 38.7. The molecule has 1 aromatic heterocycles. The lowest BCUT2D eigenvalue weighted by Gasteiger charge is -2.51. The number of carbonyl (C=O) groups excluding carboxylic acids is 5. The van der Waals surface area contributed by atoms with Crippen LogP contribution in [0.5, 0.6) is 0 Å². The summed E-state index contributed by atoms with van der Waals surface area (Å²) in [4.78, 5) is 71.0. The van der Waals surface area contributed by atoms with Gasteiger partial charge in [0.2, 0.25) is 5.91 Å². The van der Waals surface area contributed by atoms with Crippen molar-refractivity contribution in [2.24, 2.45) is 41.2 Å². The van der Waals surface area contributed by atoms with Crippen molar-refractivity contribution >= 4 is 52.9 Å². The standard InChI is InChI=1S/C44H62Cl2N4O14/c1-16(2)33-35(53)29(41(56)50(33)42-38(59-10)37(62-23(9)51)36(20(6)61-42)64-43(47)57)34(52)28-18(4)11-13-24-25(14-12-17(3)27(24)28)63-26-15-44(58,39(54)21(7)60-26)22(8)49-40(55)32-31(46)30(45)19(5)48-32/h11,13,16,18,20-22,24-29,33-34,36-39,42,48,52,54,58H,3,12,14-15H2,1-2,4-10H3,(H2,47,57)(H,49,55)/t18-,20-,21+,22-,24-,25+,26-,27-,28-,29?,33-,34?,36+,37+,38+,39+,42+,44+/m0/s1. The molecule has 356 valence electrons. The second kappa shape index (κ2) is 19.3. The normalized spacial score (nSPS) is 38.8. The first-order chi connectivity index (χ1) is 29.9. The van der Waals surface area contributed by atoms with Gasteiger partial charge in [0, 0.05) is 32.1 Å². The lowest BCUT2D eigenvalue weighted by molar-refractivity contribution is -0.296. The Morgan fingerprint density at radius 1 is 1.05 bits per heavy atom. The van der Waals surface area contributed by atoms with Gasteiger partial charge in [0.25, 0.3) is 5.91 Å². The highest BCUT2D eigenvalue weighted by molar-refractivity contribution is 6.44. The van der Waals surface area contributed by atoms with E-state index in [0.717, 1.165) is 12.5 Å². The molecule has 1 aromatic rings. The third kappa shape index (κ3) is 9.10. The number of aromatic nitrogens is 1. The van der Waals surface area contributed by atoms with Gasteiger partial charge < -0.3 is 64.7 Å². The number of ketones is 1. The lowest BCUT2D eigenvalue weighted by atomic mass is 9.59. The molecule has 4 heterocycles. The number of aryl methyl sites for hydroxylation is 1. The number of primary amides is 1. The zero-order valence-electron chi connectivity index (χ0n) is 37.5. The molecule has 0 radical (unpaired) electrons. The molecule has 4 fully saturated rings. The Morgan fingerprint density at radius 3 is 2.30 bits per heavy atom. The maximum absolute atomic E-state index is 14.8. The highest BCUT2D eigenvalue weighted by atomic mass is 35.5. The number of aliphatic hydroxyl groups excluding tert-OH is 2. The number of hydrogen-bond donors (Lipinski definition) is 6. The van der Waals surface area contributed by atoms with Crippen LogP contribution in [0.15, 0.2) is 24.3 Å². The van der Waals surface area contributed by atoms with Crippen molar-refractivity contribution in [2.75, 3.05) is 7.11 Å². The molecular formula is C44H62Cl2N4O14. The molecule has 2 aliphatic carbocycles. The van der Waals surface area contributed by atoms with Gasteiger partial charge in [-0.2, -0.15) is 0 Å². The molecule has 6 rings (SSSR count). The Hall–Kier alpha value is -3.59. The molecule has 7 N–H and O–H groups in total. The van der Waals surface area contributed by atoms with Crippen molar-refractivity contribution in [1.29, 1.82) is 0 Å². The second-order valence-electron chi connectivity index (χ2n) is 18.4. The van der Waals surface area contributed by atoms with Crippen LogP contribution < -0.4 is 11.1 Å². The average Bonchev–Trinajstić information content (AvgIpc) is 3.63. The summed E-state index contributed by atoms with van der Waals surface area (Å²) in [7, 11) is 1.30. The van der Waals surface area contributed by atoms with Crippen LogP contribution in [0.25, 0.3) is 0 Å². The number of hydrogen-bond acceptors (Lipinski definition) is 14. The summed E-state index contributed by atoms with van der Waals surface area (Å²) in [5.74, 6) is -6.49. The molecule has 3 amide bonds. The molecule has 0 aromatic carbocycles. The Labute approximate surface area is 382 Å². The van der Waals surface area contributed by atoms with Crippen LogP contribution in [0.1, 0.15) is 83.9 Å². The van der Waals surface area contributed by atoms with Gasteiger partial charge in [0.1, 0.15) is 29.4 Å². The van der Waals surface area contributed by atoms with E-state index in [0.29, 0.717) is 18.5 Å². The summed E-state index contributed by atoms with van der Waals surface area (Å²) in [6, 6.07) is -2.10. The minimum absolute atomic E-state index is 0.00767. The first kappa shape index (κ1) is 49.8. The molecule has 18 atom stereocenters. The summed E-state index contributed by atoms with van der Waals surface area (Å²) < 4.78 is 35.7. The van der Waals surface area contributed by atoms with E-state index in [1.165, 1.54) is 12.0 Å². The van der Waals surface area contributed by atoms with Gasteiger partial charge in [-0.1, -0.05) is 68.3 Å². The van der Waals surface area contributed by atoms with Crippen molar-refractivity contribution in [3.8, 4) is 0 Å². The number of aliphatic hydroxyl groups is 3. The summed E-state index contributed by atoms with van der Waals surface area (Å²) in [6.07, 6.45) is -7.98. The van der Waals surface area contributed by atoms with E-state index in [4.69, 9.17) is 57.4 Å². The number of nitrogens with zero attached hydrogens (tertiary/aromatic N) is 1. The number of methoxy groups -OCH3 is 1. The quantitative estimate of drug-likeness (QED) is 0.0999. The Balaban J connectivity index is 1.24. The first-order valence-corrected chi connectivity index (χ1v) is 22.5. The predicted octanol–water partition coefficient (Wildman–Crippen LogP) is 3.33. The summed E-state index contributed by atoms with van der Waals surface area (Å²) in [5.41, 5.74) is 4.72. The fourth-order valence-electron chi connectivity index (χ4n) is 10.7. The SMILES string of the molecule is C=C1CC[C@@H](O[C@H]2C[C@@](O)([C@H](C)NC(=O)c3[nH]c(C)c(Cl)c3Cl)[C@H](O)[C@@H](C)O2)[C@@H]2C=C[C@H](C)[C@H](C(O)C3C(=O)[C@H](C(C)C)N([C@@H]4O[C@@H](C)[C@@H](OC(N)=O)[C@@H](OC(C)=O)[C@H]4OC)C3=O)[C@@H]12. The van der Waals surface area contributed by atoms with Crippen LogP contribution in [0.3, 0.4) is 0 Å². The molecule has 0 bridgehead atoms. The van der Waals surface area contributed by atoms with Crippen LogP contribution >= 0.6 is 23.2 Å². The van der Waals surface area contributed by atoms with E-state index in [1.807, 2.05) is 19.1 Å². The number of amides is 3. The van der Waals surface area contributed by atoms with Gasteiger partial charge in [-0.15, -0.1) is 0 Å². The van der Waals surface area contributed by atoms with Crippen LogP contribution in [0.4, 0.5) is 4.79 Å². The summed E-state index contributed by atoms with van der Waals surface area (Å²) in [6.45, 7) is 17.3. The number of halogens is 2. The largest absolute Gasteiger partial charge is 0.455 e. The van der Waals surface area contributed by atoms with Crippen molar-refractivity contribution in [3.05, 3.63) is 45.7 Å². The first-order valence-electron chi connectivity index (χ1n) is 21.7. The third-order valence-electron chi connectivity index (χ3n) is 13.9. The molecule has 20 heteroatoms. The van der Waals surface area contributed by atoms with Crippen LogP contribution in [-0.4, -0.2) is 141 Å². The predicted molar refractivity (Wildman–Crippen MR) is 230 cm³/mol. The number of esters is 1. The molecule has 2 unspecified atom stereocenters. The Bertz CT molecular complexity index is 2010. The number of H-pyrrole nitrogens is 1. The third-order valence-corrected chi connectivity index (χ3v) is 14.8. The molecule has 64 heavy (non-hydrogen) atoms. The van der Waals surface area contributed by atoms with Gasteiger partial charge in [0.05, 0.1) is 46.5 Å². The van der Waals surface area contributed by atoms with Crippen molar-refractivity contribution in [2.45, 2.75) is 154 Å². The number of nitrogens with two attached hydrogens (primary N) is 1. The van der Waals surface area contributed by atoms with Gasteiger partial charge in [0.15, 0.2) is 30.5 Å². The van der Waals surface area contributed by atoms with E-state index < -0.39 is 138 Å². The fraction of sp³-hybridized carbons (Fsp3) is 0.705. The van der Waals surface area contributed by atoms with E-state index in [2.05, 4.69) is 16.9 Å². The molecule has 1 saturated carbocycles. The number of fused-ring (bicyclic) bond motifs is 1. The second-order valence-corrected chi connectivity index (χ2v) is 19.1. The molecule has 0 spiro atoms. The van der Waals surface area contributed by atoms with Crippen molar-refractivity contribution in [3.63, 3.8) is 0 Å². The zero-order valence-corrected chi connectivity index (χ0v) is 39.0. The smallest absolute Gasteiger partial charge is 0.405 e.